The molecule has 1 fully saturated rings. The molecule has 4 aromatic rings. The summed E-state index contributed by atoms with van der Waals surface area (Å²) in [6.45, 7) is 5.59. The molecule has 0 bridgehead atoms. The van der Waals surface area contributed by atoms with Crippen LogP contribution in [0.5, 0.6) is 5.75 Å². The van der Waals surface area contributed by atoms with E-state index in [0.29, 0.717) is 18.0 Å². The third-order valence-corrected chi connectivity index (χ3v) is 7.02. The molecule has 2 aromatic carbocycles. The number of hydrogen-bond acceptors (Lipinski definition) is 8. The first-order valence-electron chi connectivity index (χ1n) is 13.3. The van der Waals surface area contributed by atoms with Gasteiger partial charge in [0.15, 0.2) is 18.2 Å². The third kappa shape index (κ3) is 6.23. The minimum atomic E-state index is -0.581. The van der Waals surface area contributed by atoms with E-state index in [9.17, 15) is 13.8 Å². The van der Waals surface area contributed by atoms with Gasteiger partial charge < -0.3 is 24.5 Å². The Morgan fingerprint density at radius 2 is 2.05 bits per heavy atom. The van der Waals surface area contributed by atoms with Gasteiger partial charge in [0.25, 0.3) is 0 Å². The van der Waals surface area contributed by atoms with Crippen molar-refractivity contribution in [3.05, 3.63) is 48.8 Å². The normalized spacial score (nSPS) is 17.6. The molecule has 212 valence electrons. The van der Waals surface area contributed by atoms with E-state index in [-0.39, 0.29) is 37.6 Å². The fourth-order valence-electron chi connectivity index (χ4n) is 5.14. The number of benzene rings is 2. The molecule has 12 heteroatoms. The number of carbonyl (C=O) groups is 1. The van der Waals surface area contributed by atoms with Crippen molar-refractivity contribution in [3.8, 4) is 28.5 Å². The molecule has 2 atom stereocenters. The second-order valence-electron chi connectivity index (χ2n) is 10.8. The van der Waals surface area contributed by atoms with Crippen LogP contribution in [-0.2, 0) is 4.74 Å². The summed E-state index contributed by atoms with van der Waals surface area (Å²) in [5, 5.41) is 16.6. The lowest BCUT2D eigenvalue weighted by Crippen LogP contribution is -2.41. The summed E-state index contributed by atoms with van der Waals surface area (Å²) < 4.78 is 27.7. The maximum absolute atomic E-state index is 13.0. The number of carbonyl (C=O) groups excluding carboxylic acids is 1. The van der Waals surface area contributed by atoms with Crippen LogP contribution >= 0.6 is 12.3 Å². The number of imidazole rings is 1. The van der Waals surface area contributed by atoms with Crippen molar-refractivity contribution in [1.82, 2.24) is 29.0 Å². The van der Waals surface area contributed by atoms with E-state index in [1.807, 2.05) is 63.2 Å². The first-order chi connectivity index (χ1) is 19.3. The highest BCUT2D eigenvalue weighted by atomic mass is 32.2. The van der Waals surface area contributed by atoms with Crippen molar-refractivity contribution in [2.24, 2.45) is 0 Å². The third-order valence-electron chi connectivity index (χ3n) is 6.70. The predicted molar refractivity (Wildman–Crippen MR) is 152 cm³/mol. The molecule has 10 nitrogen and oxygen atoms in total. The summed E-state index contributed by atoms with van der Waals surface area (Å²) in [6, 6.07) is 13.3. The van der Waals surface area contributed by atoms with Crippen molar-refractivity contribution in [1.29, 1.82) is 0 Å². The Labute approximate surface area is 236 Å². The number of nitrogens with one attached hydrogen (secondary N) is 1. The zero-order chi connectivity index (χ0) is 28.3. The summed E-state index contributed by atoms with van der Waals surface area (Å²) in [4.78, 5) is 21.8. The molecular weight excluding hydrogens is 535 g/mol. The van der Waals surface area contributed by atoms with Crippen molar-refractivity contribution in [2.45, 2.75) is 64.1 Å². The number of ether oxygens (including phenoxy) is 2. The Balaban J connectivity index is 1.57. The number of nitrogens with zero attached hydrogens (tertiary/aromatic N) is 5. The highest BCUT2D eigenvalue weighted by Gasteiger charge is 2.30. The van der Waals surface area contributed by atoms with Gasteiger partial charge in [0.1, 0.15) is 30.1 Å². The van der Waals surface area contributed by atoms with Crippen LogP contribution in [0.3, 0.4) is 0 Å². The van der Waals surface area contributed by atoms with Gasteiger partial charge in [0, 0.05) is 17.6 Å². The summed E-state index contributed by atoms with van der Waals surface area (Å²) in [7, 11) is 0. The summed E-state index contributed by atoms with van der Waals surface area (Å²) in [5.74, 6) is 1.75. The van der Waals surface area contributed by atoms with E-state index in [0.717, 1.165) is 51.3 Å². The van der Waals surface area contributed by atoms with Crippen LogP contribution < -0.4 is 10.1 Å². The maximum Gasteiger partial charge on any atom is 0.407 e. The highest BCUT2D eigenvalue weighted by Crippen LogP contribution is 2.39. The Hall–Kier alpha value is -3.64. The lowest BCUT2D eigenvalue weighted by atomic mass is 9.90. The van der Waals surface area contributed by atoms with Crippen molar-refractivity contribution in [2.75, 3.05) is 13.2 Å². The summed E-state index contributed by atoms with van der Waals surface area (Å²) in [5.41, 5.74) is 2.60. The number of hydrogen-bond donors (Lipinski definition) is 2. The first kappa shape index (κ1) is 27.9. The summed E-state index contributed by atoms with van der Waals surface area (Å²) >= 11 is -0.0195. The van der Waals surface area contributed by atoms with Crippen molar-refractivity contribution >= 4 is 29.5 Å². The van der Waals surface area contributed by atoms with Gasteiger partial charge in [-0.05, 0) is 76.8 Å². The SMILES string of the molecule is CC(C)(C)OC(=O)NC1CCCC(n2c(-c3ccccc3OCCO)nc3ccc(-c4ncn(SF)n4)cc32)C1. The van der Waals surface area contributed by atoms with Crippen molar-refractivity contribution in [3.63, 3.8) is 0 Å². The van der Waals surface area contributed by atoms with Gasteiger partial charge in [0.05, 0.1) is 23.2 Å². The Morgan fingerprint density at radius 3 is 2.80 bits per heavy atom. The lowest BCUT2D eigenvalue weighted by molar-refractivity contribution is 0.0486. The molecule has 1 saturated carbocycles. The van der Waals surface area contributed by atoms with Crippen molar-refractivity contribution < 1.29 is 23.3 Å². The summed E-state index contributed by atoms with van der Waals surface area (Å²) in [6.07, 6.45) is 4.24. The molecule has 0 aliphatic heterocycles. The van der Waals surface area contributed by atoms with Crippen LogP contribution in [0.2, 0.25) is 0 Å². The molecule has 2 N–H and O–H groups in total. The number of alkyl carbamates (subject to hydrolysis) is 1. The van der Waals surface area contributed by atoms with Gasteiger partial charge in [-0.3, -0.25) is 0 Å². The Kier molecular flexibility index (Phi) is 8.27. The molecule has 0 radical (unpaired) electrons. The van der Waals surface area contributed by atoms with Gasteiger partial charge in [-0.1, -0.05) is 12.1 Å². The lowest BCUT2D eigenvalue weighted by Gasteiger charge is -2.32. The van der Waals surface area contributed by atoms with Crippen LogP contribution in [0.1, 0.15) is 52.5 Å². The largest absolute Gasteiger partial charge is 0.490 e. The van der Waals surface area contributed by atoms with E-state index >= 15 is 0 Å². The van der Waals surface area contributed by atoms with Crippen LogP contribution in [0.15, 0.2) is 48.8 Å². The van der Waals surface area contributed by atoms with E-state index in [4.69, 9.17) is 14.5 Å². The monoisotopic (exact) mass is 568 g/mol. The molecule has 2 aromatic heterocycles. The minimum Gasteiger partial charge on any atom is -0.490 e. The second-order valence-corrected chi connectivity index (χ2v) is 11.3. The molecule has 1 amide bonds. The van der Waals surface area contributed by atoms with Crippen LogP contribution in [0.4, 0.5) is 8.68 Å². The van der Waals surface area contributed by atoms with Gasteiger partial charge >= 0.3 is 6.09 Å². The van der Waals surface area contributed by atoms with E-state index in [2.05, 4.69) is 20.0 Å². The molecule has 1 aliphatic rings. The number of halogens is 1. The molecule has 2 heterocycles. The standard InChI is InChI=1S/C28H33FN6O4S/c1-28(2,3)39-27(37)31-19-7-6-8-20(16-19)35-23-15-18(25-30-17-34(33-25)40-29)11-12-22(23)32-26(35)21-9-4-5-10-24(21)38-14-13-36/h4-5,9-12,15,17,19-20,36H,6-8,13-14,16H2,1-3H3,(H,31,37). The topological polar surface area (TPSA) is 116 Å². The van der Waals surface area contributed by atoms with E-state index in [1.54, 1.807) is 0 Å². The van der Waals surface area contributed by atoms with Crippen LogP contribution in [0, 0.1) is 0 Å². The molecule has 5 rings (SSSR count). The highest BCUT2D eigenvalue weighted by molar-refractivity contribution is 7.92. The van der Waals surface area contributed by atoms with E-state index in [1.165, 1.54) is 6.33 Å². The number of para-hydroxylation sites is 1. The molecule has 2 unspecified atom stereocenters. The molecule has 0 saturated heterocycles. The smallest absolute Gasteiger partial charge is 0.407 e. The fourth-order valence-corrected chi connectivity index (χ4v) is 5.33. The van der Waals surface area contributed by atoms with Crippen LogP contribution in [0.25, 0.3) is 33.8 Å². The molecule has 40 heavy (non-hydrogen) atoms. The van der Waals surface area contributed by atoms with Gasteiger partial charge in [-0.15, -0.1) is 8.98 Å². The zero-order valence-electron chi connectivity index (χ0n) is 22.7. The number of fused-ring (bicyclic) bond motifs is 1. The average Bonchev–Trinajstić information content (AvgIpc) is 3.55. The van der Waals surface area contributed by atoms with Gasteiger partial charge in [-0.2, -0.15) is 4.09 Å². The Morgan fingerprint density at radius 1 is 1.23 bits per heavy atom. The number of aliphatic hydroxyl groups excluding tert-OH is 1. The quantitative estimate of drug-likeness (QED) is 0.277. The molecule has 1 aliphatic carbocycles. The molecular formula is C28H33FN6O4S. The predicted octanol–water partition coefficient (Wildman–Crippen LogP) is 5.72. The number of aromatic nitrogens is 5. The van der Waals surface area contributed by atoms with Crippen LogP contribution in [-0.4, -0.2) is 59.8 Å². The fraction of sp³-hybridized carbons (Fsp3) is 0.429. The molecule has 0 spiro atoms. The average molecular weight is 569 g/mol. The van der Waals surface area contributed by atoms with E-state index < -0.39 is 11.7 Å². The number of rotatable bonds is 8. The first-order valence-corrected chi connectivity index (χ1v) is 14.0. The minimum absolute atomic E-state index is 0.0155. The second kappa shape index (κ2) is 11.8. The maximum atomic E-state index is 13.0. The number of aliphatic hydroxyl groups is 1. The number of amides is 1. The Bertz CT molecular complexity index is 1480. The van der Waals surface area contributed by atoms with Gasteiger partial charge in [0.2, 0.25) is 0 Å². The zero-order valence-corrected chi connectivity index (χ0v) is 23.5. The van der Waals surface area contributed by atoms with Gasteiger partial charge in [-0.25, -0.2) is 14.8 Å².